The van der Waals surface area contributed by atoms with Crippen molar-refractivity contribution in [2.24, 2.45) is 17.8 Å². The molecule has 4 aliphatic heterocycles. The molecule has 4 unspecified atom stereocenters. The molecule has 3 fully saturated rings. The van der Waals surface area contributed by atoms with E-state index in [0.29, 0.717) is 38.6 Å². The molecule has 31 heavy (non-hydrogen) atoms. The van der Waals surface area contributed by atoms with Crippen LogP contribution in [0.1, 0.15) is 45.4 Å². The van der Waals surface area contributed by atoms with E-state index in [1.807, 2.05) is 4.90 Å². The fourth-order valence-electron chi connectivity index (χ4n) is 6.51. The number of alkyl halides is 1. The summed E-state index contributed by atoms with van der Waals surface area (Å²) < 4.78 is 28.6. The van der Waals surface area contributed by atoms with E-state index in [4.69, 9.17) is 11.6 Å². The number of amides is 1. The fraction of sp³-hybridized carbons (Fsp3) is 0.864. The van der Waals surface area contributed by atoms with Gasteiger partial charge in [0.05, 0.1) is 10.8 Å². The average molecular weight is 471 g/mol. The molecule has 0 radical (unpaired) electrons. The SMILES string of the molecule is C[C@@H](C(=O)N1CC2=C(C1)CN(S(=O)(=O)C1CNC3C(Cl)NCCC31)C2)C1CCCCC1. The van der Waals surface area contributed by atoms with Crippen LogP contribution in [0.15, 0.2) is 11.1 Å². The molecule has 1 amide bonds. The van der Waals surface area contributed by atoms with Gasteiger partial charge in [0.1, 0.15) is 0 Å². The molecule has 1 aliphatic carbocycles. The Morgan fingerprint density at radius 2 is 1.71 bits per heavy atom. The van der Waals surface area contributed by atoms with Gasteiger partial charge in [-0.3, -0.25) is 4.79 Å². The van der Waals surface area contributed by atoms with Crippen molar-refractivity contribution in [1.82, 2.24) is 19.8 Å². The molecule has 5 rings (SSSR count). The van der Waals surface area contributed by atoms with Crippen molar-refractivity contribution in [2.45, 2.75) is 62.2 Å². The van der Waals surface area contributed by atoms with Crippen molar-refractivity contribution in [3.8, 4) is 0 Å². The molecule has 5 aliphatic rings. The maximum atomic E-state index is 13.5. The van der Waals surface area contributed by atoms with E-state index in [1.54, 1.807) is 4.31 Å². The number of nitrogens with one attached hydrogen (secondary N) is 2. The van der Waals surface area contributed by atoms with Crippen LogP contribution < -0.4 is 10.6 Å². The molecule has 9 heteroatoms. The molecule has 0 aromatic heterocycles. The van der Waals surface area contributed by atoms with Gasteiger partial charge in [-0.05, 0) is 48.8 Å². The highest BCUT2D eigenvalue weighted by molar-refractivity contribution is 7.89. The normalized spacial score (nSPS) is 36.0. The van der Waals surface area contributed by atoms with Crippen molar-refractivity contribution in [3.05, 3.63) is 11.1 Å². The molecule has 5 atom stereocenters. The first-order chi connectivity index (χ1) is 14.9. The Balaban J connectivity index is 1.20. The smallest absolute Gasteiger partial charge is 0.226 e. The van der Waals surface area contributed by atoms with Crippen LogP contribution in [0.25, 0.3) is 0 Å². The molecule has 0 aromatic carbocycles. The van der Waals surface area contributed by atoms with E-state index >= 15 is 0 Å². The minimum atomic E-state index is -3.41. The molecule has 174 valence electrons. The first-order valence-electron chi connectivity index (χ1n) is 11.9. The largest absolute Gasteiger partial charge is 0.334 e. The second-order valence-electron chi connectivity index (χ2n) is 10.2. The van der Waals surface area contributed by atoms with E-state index < -0.39 is 15.3 Å². The minimum Gasteiger partial charge on any atom is -0.334 e. The predicted octanol–water partition coefficient (Wildman–Crippen LogP) is 1.50. The molecular weight excluding hydrogens is 436 g/mol. The van der Waals surface area contributed by atoms with Crippen molar-refractivity contribution in [2.75, 3.05) is 39.3 Å². The average Bonchev–Trinajstić information content (AvgIpc) is 3.47. The Morgan fingerprint density at radius 3 is 2.39 bits per heavy atom. The van der Waals surface area contributed by atoms with Gasteiger partial charge in [0, 0.05) is 44.7 Å². The van der Waals surface area contributed by atoms with Gasteiger partial charge in [0.15, 0.2) is 0 Å². The van der Waals surface area contributed by atoms with E-state index in [0.717, 1.165) is 37.0 Å². The Hall–Kier alpha value is -0.670. The molecule has 2 N–H and O–H groups in total. The van der Waals surface area contributed by atoms with Crippen LogP contribution in [-0.2, 0) is 14.8 Å². The lowest BCUT2D eigenvalue weighted by Crippen LogP contribution is -2.52. The molecular formula is C22H35ClN4O3S. The number of carbonyl (C=O) groups excluding carboxylic acids is 1. The number of nitrogens with zero attached hydrogens (tertiary/aromatic N) is 2. The Bertz CT molecular complexity index is 839. The fourth-order valence-corrected chi connectivity index (χ4v) is 9.00. The van der Waals surface area contributed by atoms with Crippen LogP contribution in [0.3, 0.4) is 0 Å². The second-order valence-corrected chi connectivity index (χ2v) is 12.8. The third kappa shape index (κ3) is 3.97. The van der Waals surface area contributed by atoms with E-state index in [-0.39, 0.29) is 29.3 Å². The number of hydrogen-bond acceptors (Lipinski definition) is 5. The van der Waals surface area contributed by atoms with Gasteiger partial charge in [-0.1, -0.05) is 26.2 Å². The summed E-state index contributed by atoms with van der Waals surface area (Å²) in [6.45, 7) is 5.39. The highest BCUT2D eigenvalue weighted by atomic mass is 35.5. The maximum absolute atomic E-state index is 13.5. The number of piperidine rings is 1. The van der Waals surface area contributed by atoms with Crippen LogP contribution in [0.4, 0.5) is 0 Å². The zero-order chi connectivity index (χ0) is 21.8. The van der Waals surface area contributed by atoms with Crippen molar-refractivity contribution >= 4 is 27.5 Å². The number of sulfonamides is 1. The lowest BCUT2D eigenvalue weighted by molar-refractivity contribution is -0.135. The van der Waals surface area contributed by atoms with Crippen LogP contribution in [0, 0.1) is 17.8 Å². The monoisotopic (exact) mass is 470 g/mol. The summed E-state index contributed by atoms with van der Waals surface area (Å²) in [7, 11) is -3.41. The van der Waals surface area contributed by atoms with Gasteiger partial charge in [-0.15, -0.1) is 11.6 Å². The number of halogens is 1. The Labute approximate surface area is 191 Å². The quantitative estimate of drug-likeness (QED) is 0.369. The molecule has 7 nitrogen and oxygen atoms in total. The summed E-state index contributed by atoms with van der Waals surface area (Å²) in [4.78, 5) is 15.1. The first-order valence-corrected chi connectivity index (χ1v) is 13.9. The molecule has 1 saturated carbocycles. The van der Waals surface area contributed by atoms with Crippen molar-refractivity contribution < 1.29 is 13.2 Å². The summed E-state index contributed by atoms with van der Waals surface area (Å²) in [5.74, 6) is 0.886. The Morgan fingerprint density at radius 1 is 1.03 bits per heavy atom. The van der Waals surface area contributed by atoms with Crippen molar-refractivity contribution in [3.63, 3.8) is 0 Å². The molecule has 0 spiro atoms. The zero-order valence-corrected chi connectivity index (χ0v) is 19.9. The van der Waals surface area contributed by atoms with Crippen LogP contribution in [0.2, 0.25) is 0 Å². The van der Waals surface area contributed by atoms with Gasteiger partial charge >= 0.3 is 0 Å². The molecule has 0 bridgehead atoms. The predicted molar refractivity (Wildman–Crippen MR) is 121 cm³/mol. The topological polar surface area (TPSA) is 81.8 Å². The third-order valence-corrected chi connectivity index (χ3v) is 11.1. The van der Waals surface area contributed by atoms with E-state index in [2.05, 4.69) is 17.6 Å². The molecule has 0 aromatic rings. The lowest BCUT2D eigenvalue weighted by atomic mass is 9.80. The summed E-state index contributed by atoms with van der Waals surface area (Å²) in [6.07, 6.45) is 6.92. The molecule has 4 heterocycles. The van der Waals surface area contributed by atoms with Gasteiger partial charge in [0.2, 0.25) is 15.9 Å². The zero-order valence-electron chi connectivity index (χ0n) is 18.4. The highest BCUT2D eigenvalue weighted by Gasteiger charge is 2.50. The van der Waals surface area contributed by atoms with Crippen LogP contribution in [-0.4, -0.2) is 79.6 Å². The number of hydrogen-bond donors (Lipinski definition) is 2. The second kappa shape index (κ2) is 8.60. The maximum Gasteiger partial charge on any atom is 0.226 e. The Kier molecular flexibility index (Phi) is 6.14. The number of carbonyl (C=O) groups is 1. The van der Waals surface area contributed by atoms with E-state index in [9.17, 15) is 13.2 Å². The standard InChI is InChI=1S/C22H35ClN4O3S/c1-14(15-5-3-2-4-6-15)22(28)26-10-16-12-27(13-17(16)11-26)31(29,30)19-9-25-20-18(19)7-8-24-21(20)23/h14-15,18-21,24-25H,2-13H2,1H3/t14-,18?,19?,20?,21?/m1/s1. The molecule has 2 saturated heterocycles. The minimum absolute atomic E-state index is 0.00647. The highest BCUT2D eigenvalue weighted by Crippen LogP contribution is 2.37. The van der Waals surface area contributed by atoms with Crippen LogP contribution >= 0.6 is 11.6 Å². The first kappa shape index (κ1) is 22.1. The van der Waals surface area contributed by atoms with Crippen molar-refractivity contribution in [1.29, 1.82) is 0 Å². The van der Waals surface area contributed by atoms with Gasteiger partial charge in [-0.25, -0.2) is 8.42 Å². The number of rotatable bonds is 4. The summed E-state index contributed by atoms with van der Waals surface area (Å²) in [5.41, 5.74) is 2.05. The van der Waals surface area contributed by atoms with E-state index in [1.165, 1.54) is 19.3 Å². The van der Waals surface area contributed by atoms with Gasteiger partial charge in [0.25, 0.3) is 0 Å². The summed E-state index contributed by atoms with van der Waals surface area (Å²) >= 11 is 6.37. The van der Waals surface area contributed by atoms with Gasteiger partial charge < -0.3 is 15.5 Å². The van der Waals surface area contributed by atoms with Gasteiger partial charge in [-0.2, -0.15) is 4.31 Å². The number of fused-ring (bicyclic) bond motifs is 1. The lowest BCUT2D eigenvalue weighted by Gasteiger charge is -2.34. The summed E-state index contributed by atoms with van der Waals surface area (Å²) in [5, 5.41) is 6.15. The third-order valence-electron chi connectivity index (χ3n) is 8.42. The summed E-state index contributed by atoms with van der Waals surface area (Å²) in [6, 6.07) is 0.00647. The van der Waals surface area contributed by atoms with Crippen LogP contribution in [0.5, 0.6) is 0 Å².